The van der Waals surface area contributed by atoms with Gasteiger partial charge in [0, 0.05) is 24.5 Å². The van der Waals surface area contributed by atoms with Crippen molar-refractivity contribution < 1.29 is 14.7 Å². The SMILES string of the molecule is Cc1cc(NC(=O)N(C)C2CCSC2)ccc1C(=O)O. The second-order valence-electron chi connectivity index (χ2n) is 4.89. The average molecular weight is 294 g/mol. The second-order valence-corrected chi connectivity index (χ2v) is 6.04. The Kier molecular flexibility index (Phi) is 4.54. The van der Waals surface area contributed by atoms with Gasteiger partial charge in [0.05, 0.1) is 5.56 Å². The van der Waals surface area contributed by atoms with E-state index in [9.17, 15) is 9.59 Å². The number of urea groups is 1. The third kappa shape index (κ3) is 3.25. The van der Waals surface area contributed by atoms with Crippen molar-refractivity contribution >= 4 is 29.4 Å². The summed E-state index contributed by atoms with van der Waals surface area (Å²) >= 11 is 1.85. The van der Waals surface area contributed by atoms with Gasteiger partial charge in [0.1, 0.15) is 0 Å². The first-order valence-electron chi connectivity index (χ1n) is 6.44. The summed E-state index contributed by atoms with van der Waals surface area (Å²) in [6, 6.07) is 4.93. The maximum absolute atomic E-state index is 12.1. The average Bonchev–Trinajstić information content (AvgIpc) is 2.91. The van der Waals surface area contributed by atoms with Crippen molar-refractivity contribution in [1.82, 2.24) is 4.90 Å². The molecule has 1 saturated heterocycles. The Labute approximate surface area is 122 Å². The first-order valence-corrected chi connectivity index (χ1v) is 7.60. The molecule has 1 fully saturated rings. The molecule has 1 unspecified atom stereocenters. The van der Waals surface area contributed by atoms with E-state index in [0.717, 1.165) is 17.9 Å². The van der Waals surface area contributed by atoms with Gasteiger partial charge in [-0.15, -0.1) is 0 Å². The molecule has 2 N–H and O–H groups in total. The summed E-state index contributed by atoms with van der Waals surface area (Å²) in [6.07, 6.45) is 1.02. The molecule has 0 saturated carbocycles. The smallest absolute Gasteiger partial charge is 0.335 e. The molecular formula is C14H18N2O3S. The Hall–Kier alpha value is -1.69. The molecule has 20 heavy (non-hydrogen) atoms. The Morgan fingerprint density at radius 1 is 1.45 bits per heavy atom. The highest BCUT2D eigenvalue weighted by molar-refractivity contribution is 7.99. The number of anilines is 1. The lowest BCUT2D eigenvalue weighted by atomic mass is 10.1. The Balaban J connectivity index is 2.04. The van der Waals surface area contributed by atoms with E-state index in [1.807, 2.05) is 11.8 Å². The topological polar surface area (TPSA) is 69.6 Å². The lowest BCUT2D eigenvalue weighted by molar-refractivity contribution is 0.0696. The van der Waals surface area contributed by atoms with Gasteiger partial charge in [-0.3, -0.25) is 0 Å². The molecule has 1 aliphatic heterocycles. The van der Waals surface area contributed by atoms with Crippen LogP contribution < -0.4 is 5.32 Å². The van der Waals surface area contributed by atoms with Crippen LogP contribution in [-0.4, -0.2) is 46.6 Å². The number of aryl methyl sites for hydroxylation is 1. The number of nitrogens with zero attached hydrogens (tertiary/aromatic N) is 1. The first-order chi connectivity index (χ1) is 9.49. The van der Waals surface area contributed by atoms with Crippen molar-refractivity contribution in [3.63, 3.8) is 0 Å². The fraction of sp³-hybridized carbons (Fsp3) is 0.429. The van der Waals surface area contributed by atoms with Crippen LogP contribution in [0.3, 0.4) is 0 Å². The highest BCUT2D eigenvalue weighted by Crippen LogP contribution is 2.22. The molecule has 1 aromatic rings. The van der Waals surface area contributed by atoms with Crippen LogP contribution in [0.2, 0.25) is 0 Å². The number of hydrogen-bond donors (Lipinski definition) is 2. The van der Waals surface area contributed by atoms with Crippen LogP contribution >= 0.6 is 11.8 Å². The van der Waals surface area contributed by atoms with Crippen molar-refractivity contribution in [3.8, 4) is 0 Å². The summed E-state index contributed by atoms with van der Waals surface area (Å²) in [5.74, 6) is 1.11. The Morgan fingerprint density at radius 3 is 2.75 bits per heavy atom. The fourth-order valence-electron chi connectivity index (χ4n) is 2.19. The molecule has 6 heteroatoms. The summed E-state index contributed by atoms with van der Waals surface area (Å²) in [4.78, 5) is 24.8. The highest BCUT2D eigenvalue weighted by Gasteiger charge is 2.23. The van der Waals surface area contributed by atoms with E-state index in [2.05, 4.69) is 5.32 Å². The van der Waals surface area contributed by atoms with Crippen molar-refractivity contribution in [3.05, 3.63) is 29.3 Å². The zero-order valence-corrected chi connectivity index (χ0v) is 12.4. The van der Waals surface area contributed by atoms with Crippen molar-refractivity contribution in [2.75, 3.05) is 23.9 Å². The van der Waals surface area contributed by atoms with Crippen molar-refractivity contribution in [2.24, 2.45) is 0 Å². The van der Waals surface area contributed by atoms with Gasteiger partial charge < -0.3 is 15.3 Å². The molecule has 0 spiro atoms. The van der Waals surface area contributed by atoms with Crippen LogP contribution in [-0.2, 0) is 0 Å². The van der Waals surface area contributed by atoms with Crippen molar-refractivity contribution in [1.29, 1.82) is 0 Å². The van der Waals surface area contributed by atoms with Crippen LogP contribution in [0.15, 0.2) is 18.2 Å². The molecule has 0 aromatic heterocycles. The predicted molar refractivity (Wildman–Crippen MR) is 80.7 cm³/mol. The van der Waals surface area contributed by atoms with Crippen LogP contribution in [0, 0.1) is 6.92 Å². The molecule has 5 nitrogen and oxygen atoms in total. The number of aromatic carboxylic acids is 1. The summed E-state index contributed by atoms with van der Waals surface area (Å²) in [6.45, 7) is 1.72. The summed E-state index contributed by atoms with van der Waals surface area (Å²) in [5, 5.41) is 11.8. The number of hydrogen-bond acceptors (Lipinski definition) is 3. The number of thioether (sulfide) groups is 1. The number of rotatable bonds is 3. The number of carboxylic acids is 1. The van der Waals surface area contributed by atoms with Crippen LogP contribution in [0.4, 0.5) is 10.5 Å². The number of benzene rings is 1. The summed E-state index contributed by atoms with van der Waals surface area (Å²) in [7, 11) is 1.80. The quantitative estimate of drug-likeness (QED) is 0.899. The van der Waals surface area contributed by atoms with Gasteiger partial charge in [0.15, 0.2) is 0 Å². The number of nitrogens with one attached hydrogen (secondary N) is 1. The zero-order chi connectivity index (χ0) is 14.7. The number of amides is 2. The minimum absolute atomic E-state index is 0.153. The molecule has 1 aliphatic rings. The third-order valence-corrected chi connectivity index (χ3v) is 4.63. The molecular weight excluding hydrogens is 276 g/mol. The van der Waals surface area contributed by atoms with E-state index in [0.29, 0.717) is 11.3 Å². The maximum atomic E-state index is 12.1. The van der Waals surface area contributed by atoms with Crippen LogP contribution in [0.5, 0.6) is 0 Å². The van der Waals surface area contributed by atoms with E-state index in [1.54, 1.807) is 31.0 Å². The first kappa shape index (κ1) is 14.7. The second kappa shape index (κ2) is 6.17. The van der Waals surface area contributed by atoms with Gasteiger partial charge in [-0.05, 0) is 42.9 Å². The van der Waals surface area contributed by atoms with Gasteiger partial charge in [-0.1, -0.05) is 0 Å². The molecule has 0 bridgehead atoms. The Morgan fingerprint density at radius 2 is 2.20 bits per heavy atom. The van der Waals surface area contributed by atoms with E-state index in [1.165, 1.54) is 6.07 Å². The maximum Gasteiger partial charge on any atom is 0.335 e. The summed E-state index contributed by atoms with van der Waals surface area (Å²) in [5.41, 5.74) is 1.51. The molecule has 1 aromatic carbocycles. The lowest BCUT2D eigenvalue weighted by Gasteiger charge is -2.24. The van der Waals surface area contributed by atoms with Gasteiger partial charge >= 0.3 is 12.0 Å². The number of carbonyl (C=O) groups excluding carboxylic acids is 1. The minimum Gasteiger partial charge on any atom is -0.478 e. The zero-order valence-electron chi connectivity index (χ0n) is 11.5. The van der Waals surface area contributed by atoms with Gasteiger partial charge in [0.2, 0.25) is 0 Å². The predicted octanol–water partition coefficient (Wildman–Crippen LogP) is 2.66. The Bertz CT molecular complexity index is 527. The normalized spacial score (nSPS) is 17.8. The van der Waals surface area contributed by atoms with Crippen LogP contribution in [0.25, 0.3) is 0 Å². The van der Waals surface area contributed by atoms with E-state index >= 15 is 0 Å². The fourth-order valence-corrected chi connectivity index (χ4v) is 3.45. The molecule has 0 aliphatic carbocycles. The minimum atomic E-state index is -0.958. The molecule has 2 rings (SSSR count). The third-order valence-electron chi connectivity index (χ3n) is 3.48. The molecule has 1 atom stereocenters. The van der Waals surface area contributed by atoms with Crippen LogP contribution in [0.1, 0.15) is 22.3 Å². The standard InChI is InChI=1S/C14H18N2O3S/c1-9-7-10(3-4-12(9)13(17)18)15-14(19)16(2)11-5-6-20-8-11/h3-4,7,11H,5-6,8H2,1-2H3,(H,15,19)(H,17,18). The molecule has 108 valence electrons. The summed E-state index contributed by atoms with van der Waals surface area (Å²) < 4.78 is 0. The van der Waals surface area contributed by atoms with Gasteiger partial charge in [0.25, 0.3) is 0 Å². The molecule has 0 radical (unpaired) electrons. The molecule has 2 amide bonds. The lowest BCUT2D eigenvalue weighted by Crippen LogP contribution is -2.39. The molecule has 1 heterocycles. The highest BCUT2D eigenvalue weighted by atomic mass is 32.2. The van der Waals surface area contributed by atoms with E-state index in [4.69, 9.17) is 5.11 Å². The monoisotopic (exact) mass is 294 g/mol. The van der Waals surface area contributed by atoms with Crippen molar-refractivity contribution in [2.45, 2.75) is 19.4 Å². The van der Waals surface area contributed by atoms with E-state index in [-0.39, 0.29) is 17.6 Å². The van der Waals surface area contributed by atoms with Gasteiger partial charge in [-0.2, -0.15) is 11.8 Å². The van der Waals surface area contributed by atoms with E-state index < -0.39 is 5.97 Å². The number of carboxylic acid groups (broad SMARTS) is 1. The largest absolute Gasteiger partial charge is 0.478 e. The van der Waals surface area contributed by atoms with Gasteiger partial charge in [-0.25, -0.2) is 9.59 Å². The number of carbonyl (C=O) groups is 2.